The number of carbonyl (C=O) groups excluding carboxylic acids is 1. The quantitative estimate of drug-likeness (QED) is 0.301. The Morgan fingerprint density at radius 1 is 1.25 bits per heavy atom. The van der Waals surface area contributed by atoms with E-state index in [0.717, 1.165) is 10.3 Å². The number of urea groups is 1. The highest BCUT2D eigenvalue weighted by molar-refractivity contribution is 6.17. The van der Waals surface area contributed by atoms with Crippen molar-refractivity contribution in [3.63, 3.8) is 0 Å². The van der Waals surface area contributed by atoms with Gasteiger partial charge in [0.25, 0.3) is 0 Å². The van der Waals surface area contributed by atoms with Crippen LogP contribution in [0.25, 0.3) is 0 Å². The smallest absolute Gasteiger partial charge is 0.259 e. The van der Waals surface area contributed by atoms with Crippen LogP contribution in [0.5, 0.6) is 0 Å². The molecule has 16 heavy (non-hydrogen) atoms. The second kappa shape index (κ2) is 8.50. The molecule has 8 nitrogen and oxygen atoms in total. The maximum atomic E-state index is 11.7. The summed E-state index contributed by atoms with van der Waals surface area (Å²) < 4.78 is 0. The second-order valence-corrected chi connectivity index (χ2v) is 2.95. The molecule has 0 aromatic heterocycles. The Morgan fingerprint density at radius 2 is 1.81 bits per heavy atom. The molecule has 2 amide bonds. The predicted molar refractivity (Wildman–Crippen MR) is 56.3 cm³/mol. The lowest BCUT2D eigenvalue weighted by atomic mass is 10.5. The first kappa shape index (κ1) is 15.4. The summed E-state index contributed by atoms with van der Waals surface area (Å²) in [6.07, 6.45) is 0.571. The lowest BCUT2D eigenvalue weighted by molar-refractivity contribution is -0.493. The van der Waals surface area contributed by atoms with Gasteiger partial charge in [-0.2, -0.15) is 0 Å². The zero-order chi connectivity index (χ0) is 12.6. The molecule has 0 radical (unpaired) electrons. The first-order valence-corrected chi connectivity index (χ1v) is 5.00. The van der Waals surface area contributed by atoms with Gasteiger partial charge in [-0.25, -0.2) is 10.6 Å². The molecule has 0 aliphatic heterocycles. The molecule has 96 valence electrons. The van der Waals surface area contributed by atoms with Crippen LogP contribution in [0.3, 0.4) is 0 Å². The Kier molecular flexibility index (Phi) is 8.16. The van der Waals surface area contributed by atoms with Crippen molar-refractivity contribution >= 4 is 17.6 Å². The summed E-state index contributed by atoms with van der Waals surface area (Å²) in [7, 11) is 3.89. The Balaban J connectivity index is 4.38. The van der Waals surface area contributed by atoms with Crippen LogP contribution in [-0.2, 0) is 14.5 Å². The van der Waals surface area contributed by atoms with E-state index in [2.05, 4.69) is 0 Å². The molecule has 0 atom stereocenters. The molecule has 0 spiro atoms. The molecule has 0 rings (SSSR count). The number of alkyl halides is 1. The number of halogens is 1. The lowest BCUT2D eigenvalue weighted by Gasteiger charge is -2.29. The van der Waals surface area contributed by atoms with Crippen LogP contribution in [0.15, 0.2) is 0 Å². The standard InChI is InChI=1S/C7H17ClN4O4/c1-14-11(12(15-2)16-3)7(13)10(9)6-4-5-8/h4-6,9H2,1-3H3. The molecule has 0 fully saturated rings. The summed E-state index contributed by atoms with van der Waals surface area (Å²) in [6.45, 7) is 0.295. The van der Waals surface area contributed by atoms with E-state index in [1.807, 2.05) is 0 Å². The van der Waals surface area contributed by atoms with Gasteiger partial charge in [-0.05, 0) is 6.42 Å². The summed E-state index contributed by atoms with van der Waals surface area (Å²) in [4.78, 5) is 25.9. The van der Waals surface area contributed by atoms with Crippen LogP contribution in [-0.4, -0.2) is 55.3 Å². The highest BCUT2D eigenvalue weighted by Gasteiger charge is 2.26. The number of amides is 2. The molecule has 0 aromatic carbocycles. The van der Waals surface area contributed by atoms with Gasteiger partial charge in [0.2, 0.25) is 0 Å². The number of nitrogens with zero attached hydrogens (tertiary/aromatic N) is 3. The Labute approximate surface area is 99.2 Å². The average molecular weight is 257 g/mol. The molecule has 0 heterocycles. The molecule has 0 aromatic rings. The van der Waals surface area contributed by atoms with E-state index in [1.165, 1.54) is 21.3 Å². The largest absolute Gasteiger partial charge is 0.377 e. The lowest BCUT2D eigenvalue weighted by Crippen LogP contribution is -2.53. The van der Waals surface area contributed by atoms with Crippen LogP contribution < -0.4 is 5.84 Å². The number of rotatable bonds is 7. The molecule has 2 N–H and O–H groups in total. The topological polar surface area (TPSA) is 80.5 Å². The summed E-state index contributed by atoms with van der Waals surface area (Å²) >= 11 is 5.48. The van der Waals surface area contributed by atoms with Crippen molar-refractivity contribution in [1.29, 1.82) is 0 Å². The van der Waals surface area contributed by atoms with Gasteiger partial charge in [-0.1, -0.05) is 5.17 Å². The van der Waals surface area contributed by atoms with Gasteiger partial charge in [-0.15, -0.1) is 11.6 Å². The maximum absolute atomic E-state index is 11.7. The fourth-order valence-corrected chi connectivity index (χ4v) is 0.993. The van der Waals surface area contributed by atoms with Crippen molar-refractivity contribution in [2.24, 2.45) is 5.84 Å². The maximum Gasteiger partial charge on any atom is 0.377 e. The van der Waals surface area contributed by atoms with Crippen LogP contribution >= 0.6 is 11.6 Å². The van der Waals surface area contributed by atoms with Crippen molar-refractivity contribution in [2.45, 2.75) is 6.42 Å². The molecule has 0 unspecified atom stereocenters. The first-order valence-electron chi connectivity index (χ1n) is 4.47. The van der Waals surface area contributed by atoms with Crippen molar-refractivity contribution in [3.8, 4) is 0 Å². The van der Waals surface area contributed by atoms with Gasteiger partial charge in [0, 0.05) is 12.4 Å². The van der Waals surface area contributed by atoms with Gasteiger partial charge in [0.1, 0.15) is 0 Å². The minimum Gasteiger partial charge on any atom is -0.259 e. The summed E-state index contributed by atoms with van der Waals surface area (Å²) in [5.74, 6) is 5.90. The fraction of sp³-hybridized carbons (Fsp3) is 0.857. The number of carbonyl (C=O) groups is 1. The first-order chi connectivity index (χ1) is 7.62. The molecule has 0 aliphatic rings. The third-order valence-corrected chi connectivity index (χ3v) is 1.84. The van der Waals surface area contributed by atoms with E-state index in [0.29, 0.717) is 24.0 Å². The Bertz CT molecular complexity index is 205. The minimum atomic E-state index is -0.642. The number of hydrazine groups is 2. The van der Waals surface area contributed by atoms with Crippen molar-refractivity contribution in [2.75, 3.05) is 33.8 Å². The van der Waals surface area contributed by atoms with Crippen molar-refractivity contribution in [3.05, 3.63) is 0 Å². The Hall–Kier alpha value is -0.640. The van der Waals surface area contributed by atoms with E-state index in [4.69, 9.17) is 32.0 Å². The summed E-state index contributed by atoms with van der Waals surface area (Å²) in [5, 5.41) is 2.40. The van der Waals surface area contributed by atoms with E-state index in [-0.39, 0.29) is 0 Å². The second-order valence-electron chi connectivity index (χ2n) is 2.58. The van der Waals surface area contributed by atoms with Gasteiger partial charge in [-0.3, -0.25) is 19.5 Å². The molecule has 0 bridgehead atoms. The molecular weight excluding hydrogens is 240 g/mol. The fourth-order valence-electron chi connectivity index (χ4n) is 0.873. The van der Waals surface area contributed by atoms with Gasteiger partial charge < -0.3 is 0 Å². The molecule has 9 heteroatoms. The Morgan fingerprint density at radius 3 is 2.19 bits per heavy atom. The van der Waals surface area contributed by atoms with Gasteiger partial charge in [0.15, 0.2) is 0 Å². The predicted octanol–water partition coefficient (Wildman–Crippen LogP) is 0.114. The van der Waals surface area contributed by atoms with Gasteiger partial charge in [0.05, 0.1) is 26.7 Å². The van der Waals surface area contributed by atoms with E-state index in [1.54, 1.807) is 0 Å². The highest BCUT2D eigenvalue weighted by Crippen LogP contribution is 2.03. The van der Waals surface area contributed by atoms with Crippen LogP contribution in [0, 0.1) is 0 Å². The zero-order valence-corrected chi connectivity index (χ0v) is 10.3. The van der Waals surface area contributed by atoms with Gasteiger partial charge >= 0.3 is 6.03 Å². The van der Waals surface area contributed by atoms with Crippen LogP contribution in [0.2, 0.25) is 0 Å². The number of hydroxylamine groups is 1. The van der Waals surface area contributed by atoms with Crippen molar-refractivity contribution < 1.29 is 19.3 Å². The average Bonchev–Trinajstić information content (AvgIpc) is 2.31. The summed E-state index contributed by atoms with van der Waals surface area (Å²) in [6, 6.07) is -0.642. The normalized spacial score (nSPS) is 10.6. The van der Waals surface area contributed by atoms with Crippen LogP contribution in [0.4, 0.5) is 4.79 Å². The van der Waals surface area contributed by atoms with Crippen LogP contribution in [0.1, 0.15) is 6.42 Å². The summed E-state index contributed by atoms with van der Waals surface area (Å²) in [5.41, 5.74) is 0. The molecule has 0 saturated heterocycles. The monoisotopic (exact) mass is 256 g/mol. The zero-order valence-electron chi connectivity index (χ0n) is 9.55. The number of hydrogen-bond donors (Lipinski definition) is 1. The van der Waals surface area contributed by atoms with E-state index in [9.17, 15) is 4.79 Å². The SMILES string of the molecule is CON(OC)N(OC)C(=O)N(N)CCCCl. The number of hydrogen-bond acceptors (Lipinski definition) is 6. The van der Waals surface area contributed by atoms with E-state index < -0.39 is 6.03 Å². The molecule has 0 aliphatic carbocycles. The number of nitrogens with two attached hydrogens (primary N) is 1. The highest BCUT2D eigenvalue weighted by atomic mass is 35.5. The molecular formula is C7H17ClN4O4. The van der Waals surface area contributed by atoms with E-state index >= 15 is 0 Å². The third kappa shape index (κ3) is 4.47. The van der Waals surface area contributed by atoms with Crippen molar-refractivity contribution in [1.82, 2.24) is 15.5 Å². The minimum absolute atomic E-state index is 0.295. The third-order valence-electron chi connectivity index (χ3n) is 1.58. The molecule has 0 saturated carbocycles.